The van der Waals surface area contributed by atoms with E-state index in [-0.39, 0.29) is 11.3 Å². The summed E-state index contributed by atoms with van der Waals surface area (Å²) in [4.78, 5) is 18.5. The number of rotatable bonds is 1. The first-order valence-electron chi connectivity index (χ1n) is 7.83. The van der Waals surface area contributed by atoms with Crippen LogP contribution in [0, 0.1) is 5.82 Å². The molecule has 2 aromatic carbocycles. The van der Waals surface area contributed by atoms with Crippen LogP contribution in [0.25, 0.3) is 10.9 Å². The third-order valence-corrected chi connectivity index (χ3v) is 4.39. The monoisotopic (exact) mass is 322 g/mol. The van der Waals surface area contributed by atoms with Gasteiger partial charge in [0.25, 0.3) is 5.91 Å². The van der Waals surface area contributed by atoms with Crippen LogP contribution in [0.3, 0.4) is 0 Å². The molecule has 2 heterocycles. The van der Waals surface area contributed by atoms with Gasteiger partial charge in [-0.15, -0.1) is 0 Å². The van der Waals surface area contributed by atoms with Crippen molar-refractivity contribution in [2.75, 3.05) is 11.4 Å². The molecule has 4 nitrogen and oxygen atoms in total. The number of pyridine rings is 1. The highest BCUT2D eigenvalue weighted by molar-refractivity contribution is 6.11. The molecule has 0 bridgehead atoms. The largest absolute Gasteiger partial charge is 0.505 e. The number of halogens is 1. The number of phenols is 1. The van der Waals surface area contributed by atoms with E-state index in [4.69, 9.17) is 0 Å². The number of carbonyl (C=O) groups is 1. The lowest BCUT2D eigenvalue weighted by Gasteiger charge is -2.30. The van der Waals surface area contributed by atoms with Gasteiger partial charge in [0.05, 0.1) is 11.3 Å². The summed E-state index contributed by atoms with van der Waals surface area (Å²) in [7, 11) is 0. The van der Waals surface area contributed by atoms with Crippen molar-refractivity contribution in [1.29, 1.82) is 0 Å². The fraction of sp³-hybridized carbons (Fsp3) is 0.158. The van der Waals surface area contributed by atoms with Crippen molar-refractivity contribution in [2.24, 2.45) is 0 Å². The van der Waals surface area contributed by atoms with Gasteiger partial charge in [0.2, 0.25) is 0 Å². The molecule has 0 saturated heterocycles. The second-order valence-electron chi connectivity index (χ2n) is 5.84. The molecule has 0 radical (unpaired) electrons. The van der Waals surface area contributed by atoms with Crippen LogP contribution in [-0.2, 0) is 6.42 Å². The number of aryl methyl sites for hydroxylation is 1. The molecule has 0 saturated carbocycles. The molecule has 4 rings (SSSR count). The van der Waals surface area contributed by atoms with E-state index in [0.29, 0.717) is 17.7 Å². The van der Waals surface area contributed by atoms with Crippen LogP contribution in [0.15, 0.2) is 48.7 Å². The zero-order valence-electron chi connectivity index (χ0n) is 12.9. The van der Waals surface area contributed by atoms with Crippen molar-refractivity contribution in [3.8, 4) is 5.75 Å². The predicted octanol–water partition coefficient (Wildman–Crippen LogP) is 3.67. The molecule has 1 N–H and O–H groups in total. The van der Waals surface area contributed by atoms with Gasteiger partial charge in [-0.2, -0.15) is 0 Å². The average Bonchev–Trinajstić information content (AvgIpc) is 2.61. The van der Waals surface area contributed by atoms with E-state index in [0.717, 1.165) is 23.8 Å². The minimum Gasteiger partial charge on any atom is -0.505 e. The normalized spacial score (nSPS) is 13.8. The molecule has 120 valence electrons. The first-order chi connectivity index (χ1) is 11.7. The number of hydrogen-bond donors (Lipinski definition) is 1. The third kappa shape index (κ3) is 2.21. The van der Waals surface area contributed by atoms with Gasteiger partial charge in [-0.05, 0) is 36.6 Å². The quantitative estimate of drug-likeness (QED) is 0.744. The van der Waals surface area contributed by atoms with Crippen molar-refractivity contribution >= 4 is 22.5 Å². The van der Waals surface area contributed by atoms with Crippen LogP contribution in [0.5, 0.6) is 5.75 Å². The molecule has 1 amide bonds. The number of fused-ring (bicyclic) bond motifs is 2. The summed E-state index contributed by atoms with van der Waals surface area (Å²) < 4.78 is 14.3. The van der Waals surface area contributed by atoms with Gasteiger partial charge in [0.1, 0.15) is 11.3 Å². The number of aromatic hydroxyl groups is 1. The Morgan fingerprint density at radius 1 is 1.17 bits per heavy atom. The number of amides is 1. The molecular weight excluding hydrogens is 307 g/mol. The van der Waals surface area contributed by atoms with Gasteiger partial charge < -0.3 is 10.0 Å². The minimum atomic E-state index is -0.418. The maximum absolute atomic E-state index is 14.3. The zero-order chi connectivity index (χ0) is 16.7. The van der Waals surface area contributed by atoms with Crippen molar-refractivity contribution < 1.29 is 14.3 Å². The van der Waals surface area contributed by atoms with Crippen molar-refractivity contribution in [3.63, 3.8) is 0 Å². The van der Waals surface area contributed by atoms with Gasteiger partial charge in [-0.3, -0.25) is 9.78 Å². The Labute approximate surface area is 138 Å². The fourth-order valence-corrected chi connectivity index (χ4v) is 3.25. The van der Waals surface area contributed by atoms with Crippen molar-refractivity contribution in [3.05, 3.63) is 65.6 Å². The van der Waals surface area contributed by atoms with Crippen molar-refractivity contribution in [2.45, 2.75) is 12.8 Å². The van der Waals surface area contributed by atoms with Gasteiger partial charge in [0.15, 0.2) is 5.75 Å². The number of anilines is 1. The molecule has 1 aliphatic rings. The summed E-state index contributed by atoms with van der Waals surface area (Å²) >= 11 is 0. The molecule has 3 aromatic rings. The number of benzene rings is 2. The molecule has 24 heavy (non-hydrogen) atoms. The molecule has 0 unspecified atom stereocenters. The maximum Gasteiger partial charge on any atom is 0.262 e. The number of para-hydroxylation sites is 1. The van der Waals surface area contributed by atoms with Gasteiger partial charge in [-0.25, -0.2) is 4.39 Å². The number of phenolic OH excluding ortho intramolecular Hbond substituents is 1. The SMILES string of the molecule is O=C(c1ccc2cccnc2c1O)N1CCCc2cccc(F)c21. The highest BCUT2D eigenvalue weighted by atomic mass is 19.1. The van der Waals surface area contributed by atoms with Crippen LogP contribution in [0.4, 0.5) is 10.1 Å². The van der Waals surface area contributed by atoms with E-state index in [1.165, 1.54) is 11.0 Å². The Hall–Kier alpha value is -2.95. The Morgan fingerprint density at radius 2 is 2.04 bits per heavy atom. The van der Waals surface area contributed by atoms with Crippen LogP contribution in [-0.4, -0.2) is 22.5 Å². The van der Waals surface area contributed by atoms with Crippen LogP contribution < -0.4 is 4.90 Å². The summed E-state index contributed by atoms with van der Waals surface area (Å²) in [5.41, 5.74) is 1.63. The van der Waals surface area contributed by atoms with Gasteiger partial charge in [-0.1, -0.05) is 24.3 Å². The average molecular weight is 322 g/mol. The maximum atomic E-state index is 14.3. The Bertz CT molecular complexity index is 955. The topological polar surface area (TPSA) is 53.4 Å². The van der Waals surface area contributed by atoms with E-state index < -0.39 is 11.7 Å². The highest BCUT2D eigenvalue weighted by Crippen LogP contribution is 2.34. The molecule has 0 aliphatic carbocycles. The Morgan fingerprint density at radius 3 is 2.92 bits per heavy atom. The zero-order valence-corrected chi connectivity index (χ0v) is 12.9. The summed E-state index contributed by atoms with van der Waals surface area (Å²) in [6.45, 7) is 0.423. The lowest BCUT2D eigenvalue weighted by atomic mass is 9.99. The van der Waals surface area contributed by atoms with E-state index >= 15 is 0 Å². The Balaban J connectivity index is 1.83. The van der Waals surface area contributed by atoms with E-state index in [1.807, 2.05) is 12.1 Å². The van der Waals surface area contributed by atoms with Crippen molar-refractivity contribution in [1.82, 2.24) is 4.98 Å². The molecular formula is C19H15FN2O2. The van der Waals surface area contributed by atoms with Gasteiger partial charge >= 0.3 is 0 Å². The Kier molecular flexibility index (Phi) is 3.41. The molecule has 0 spiro atoms. The fourth-order valence-electron chi connectivity index (χ4n) is 3.25. The molecule has 0 atom stereocenters. The van der Waals surface area contributed by atoms with E-state index in [9.17, 15) is 14.3 Å². The summed E-state index contributed by atoms with van der Waals surface area (Å²) in [6, 6.07) is 11.7. The van der Waals surface area contributed by atoms with Crippen LogP contribution in [0.2, 0.25) is 0 Å². The number of nitrogens with zero attached hydrogens (tertiary/aromatic N) is 2. The highest BCUT2D eigenvalue weighted by Gasteiger charge is 2.28. The summed E-state index contributed by atoms with van der Waals surface area (Å²) in [5, 5.41) is 11.2. The molecule has 0 fully saturated rings. The lowest BCUT2D eigenvalue weighted by Crippen LogP contribution is -2.36. The predicted molar refractivity (Wildman–Crippen MR) is 89.8 cm³/mol. The number of hydrogen-bond acceptors (Lipinski definition) is 3. The number of aromatic nitrogens is 1. The van der Waals surface area contributed by atoms with E-state index in [1.54, 1.807) is 30.5 Å². The minimum absolute atomic E-state index is 0.136. The first-order valence-corrected chi connectivity index (χ1v) is 7.83. The molecule has 5 heteroatoms. The first kappa shape index (κ1) is 14.6. The van der Waals surface area contributed by atoms with Crippen LogP contribution in [0.1, 0.15) is 22.3 Å². The molecule has 1 aromatic heterocycles. The second kappa shape index (κ2) is 5.60. The lowest BCUT2D eigenvalue weighted by molar-refractivity contribution is 0.0981. The summed E-state index contributed by atoms with van der Waals surface area (Å²) in [5.74, 6) is -0.994. The standard InChI is InChI=1S/C19H15FN2O2/c20-15-7-1-4-13-6-3-11-22(17(13)15)19(24)14-9-8-12-5-2-10-21-16(12)18(14)23/h1-2,4-5,7-10,23H,3,6,11H2. The second-order valence-corrected chi connectivity index (χ2v) is 5.84. The van der Waals surface area contributed by atoms with Crippen LogP contribution >= 0.6 is 0 Å². The third-order valence-electron chi connectivity index (χ3n) is 4.39. The van der Waals surface area contributed by atoms with Gasteiger partial charge in [0, 0.05) is 18.1 Å². The summed E-state index contributed by atoms with van der Waals surface area (Å²) in [6.07, 6.45) is 3.06. The smallest absolute Gasteiger partial charge is 0.262 e. The molecule has 1 aliphatic heterocycles. The number of carbonyl (C=O) groups excluding carboxylic acids is 1. The van der Waals surface area contributed by atoms with E-state index in [2.05, 4.69) is 4.98 Å².